The average molecular weight is 314 g/mol. The lowest BCUT2D eigenvalue weighted by atomic mass is 10.2. The average Bonchev–Trinajstić information content (AvgIpc) is 2.48. The molecule has 1 heterocycles. The van der Waals surface area contributed by atoms with Crippen LogP contribution in [0.2, 0.25) is 0 Å². The molecule has 0 spiro atoms. The highest BCUT2D eigenvalue weighted by Crippen LogP contribution is 2.18. The molecule has 0 aromatic heterocycles. The fraction of sp³-hybridized carbons (Fsp3) is 0.462. The van der Waals surface area contributed by atoms with Crippen LogP contribution < -0.4 is 0 Å². The van der Waals surface area contributed by atoms with E-state index in [1.54, 1.807) is 0 Å². The summed E-state index contributed by atoms with van der Waals surface area (Å²) >= 11 is 0. The van der Waals surface area contributed by atoms with Crippen LogP contribution >= 0.6 is 0 Å². The molecule has 1 aromatic rings. The van der Waals surface area contributed by atoms with Crippen molar-refractivity contribution in [2.75, 3.05) is 39.3 Å². The van der Waals surface area contributed by atoms with Gasteiger partial charge in [0.2, 0.25) is 10.0 Å². The highest BCUT2D eigenvalue weighted by atomic mass is 32.2. The highest BCUT2D eigenvalue weighted by molar-refractivity contribution is 7.89. The molecule has 2 N–H and O–H groups in total. The zero-order valence-corrected chi connectivity index (χ0v) is 12.3. The van der Waals surface area contributed by atoms with E-state index in [9.17, 15) is 13.2 Å². The van der Waals surface area contributed by atoms with Gasteiger partial charge in [0, 0.05) is 32.7 Å². The maximum absolute atomic E-state index is 12.4. The maximum Gasteiger partial charge on any atom is 0.335 e. The van der Waals surface area contributed by atoms with Crippen LogP contribution in [-0.4, -0.2) is 73.1 Å². The number of aromatic carboxylic acids is 1. The molecular formula is C13H18N2O5S. The van der Waals surface area contributed by atoms with E-state index in [0.29, 0.717) is 32.7 Å². The summed E-state index contributed by atoms with van der Waals surface area (Å²) in [5, 5.41) is 17.7. The van der Waals surface area contributed by atoms with Gasteiger partial charge in [-0.15, -0.1) is 0 Å². The number of piperazine rings is 1. The van der Waals surface area contributed by atoms with Crippen LogP contribution in [0.3, 0.4) is 0 Å². The van der Waals surface area contributed by atoms with Gasteiger partial charge in [0.25, 0.3) is 0 Å². The molecule has 1 aromatic carbocycles. The van der Waals surface area contributed by atoms with E-state index in [-0.39, 0.29) is 17.1 Å². The lowest BCUT2D eigenvalue weighted by Crippen LogP contribution is -2.49. The summed E-state index contributed by atoms with van der Waals surface area (Å²) in [7, 11) is -3.59. The number of carboxylic acids is 1. The quantitative estimate of drug-likeness (QED) is 0.773. The third-order valence-electron chi connectivity index (χ3n) is 3.49. The summed E-state index contributed by atoms with van der Waals surface area (Å²) in [4.78, 5) is 12.9. The summed E-state index contributed by atoms with van der Waals surface area (Å²) in [5.74, 6) is -1.09. The predicted molar refractivity (Wildman–Crippen MR) is 75.7 cm³/mol. The Morgan fingerprint density at radius 1 is 1.10 bits per heavy atom. The Labute approximate surface area is 123 Å². The zero-order valence-electron chi connectivity index (χ0n) is 11.5. The van der Waals surface area contributed by atoms with Crippen LogP contribution in [0.15, 0.2) is 29.2 Å². The lowest BCUT2D eigenvalue weighted by Gasteiger charge is -2.33. The van der Waals surface area contributed by atoms with Gasteiger partial charge in [0.15, 0.2) is 0 Å². The molecular weight excluding hydrogens is 296 g/mol. The van der Waals surface area contributed by atoms with Crippen molar-refractivity contribution < 1.29 is 23.4 Å². The van der Waals surface area contributed by atoms with Crippen LogP contribution in [0.4, 0.5) is 0 Å². The molecule has 0 amide bonds. The van der Waals surface area contributed by atoms with Gasteiger partial charge in [-0.25, -0.2) is 13.2 Å². The maximum atomic E-state index is 12.4. The van der Waals surface area contributed by atoms with E-state index in [0.717, 1.165) is 0 Å². The number of carboxylic acid groups (broad SMARTS) is 1. The molecule has 0 unspecified atom stereocenters. The van der Waals surface area contributed by atoms with Crippen LogP contribution in [0, 0.1) is 0 Å². The van der Waals surface area contributed by atoms with Crippen LogP contribution in [0.1, 0.15) is 10.4 Å². The predicted octanol–water partition coefficient (Wildman–Crippen LogP) is -0.317. The molecule has 1 aliphatic rings. The third-order valence-corrected chi connectivity index (χ3v) is 5.40. The topological polar surface area (TPSA) is 98.1 Å². The summed E-state index contributed by atoms with van der Waals surface area (Å²) in [6, 6.07) is 5.21. The first-order valence-corrected chi connectivity index (χ1v) is 8.06. The van der Waals surface area contributed by atoms with Crippen molar-refractivity contribution in [3.8, 4) is 0 Å². The van der Waals surface area contributed by atoms with Gasteiger partial charge in [-0.1, -0.05) is 0 Å². The van der Waals surface area contributed by atoms with Gasteiger partial charge >= 0.3 is 5.97 Å². The minimum Gasteiger partial charge on any atom is -0.478 e. The molecule has 2 rings (SSSR count). The number of hydrogen-bond donors (Lipinski definition) is 2. The van der Waals surface area contributed by atoms with Crippen molar-refractivity contribution in [2.45, 2.75) is 4.90 Å². The normalized spacial score (nSPS) is 17.8. The molecule has 1 saturated heterocycles. The number of hydrogen-bond acceptors (Lipinski definition) is 5. The second-order valence-electron chi connectivity index (χ2n) is 4.80. The lowest BCUT2D eigenvalue weighted by molar-refractivity contribution is 0.0696. The van der Waals surface area contributed by atoms with E-state index in [4.69, 9.17) is 10.2 Å². The number of β-amino-alcohol motifs (C(OH)–C–C–N with tert-alkyl or cyclic N) is 1. The summed E-state index contributed by atoms with van der Waals surface area (Å²) in [6.07, 6.45) is 0. The Morgan fingerprint density at radius 3 is 2.14 bits per heavy atom. The van der Waals surface area contributed by atoms with Crippen LogP contribution in [-0.2, 0) is 10.0 Å². The number of aliphatic hydroxyl groups is 1. The van der Waals surface area contributed by atoms with Crippen molar-refractivity contribution in [3.63, 3.8) is 0 Å². The van der Waals surface area contributed by atoms with Crippen molar-refractivity contribution >= 4 is 16.0 Å². The largest absolute Gasteiger partial charge is 0.478 e. The Hall–Kier alpha value is -1.48. The second-order valence-corrected chi connectivity index (χ2v) is 6.74. The van der Waals surface area contributed by atoms with Gasteiger partial charge in [-0.3, -0.25) is 4.90 Å². The Kier molecular flexibility index (Phi) is 4.94. The number of benzene rings is 1. The van der Waals surface area contributed by atoms with Gasteiger partial charge in [0.05, 0.1) is 17.1 Å². The van der Waals surface area contributed by atoms with Crippen LogP contribution in [0.25, 0.3) is 0 Å². The molecule has 8 heteroatoms. The van der Waals surface area contributed by atoms with E-state index in [1.807, 2.05) is 4.90 Å². The van der Waals surface area contributed by atoms with Gasteiger partial charge in [-0.2, -0.15) is 4.31 Å². The standard InChI is InChI=1S/C13H18N2O5S/c16-10-9-14-5-7-15(8-6-14)21(19,20)12-3-1-11(2-4-12)13(17)18/h1-4,16H,5-10H2,(H,17,18). The Morgan fingerprint density at radius 2 is 1.67 bits per heavy atom. The number of nitrogens with zero attached hydrogens (tertiary/aromatic N) is 2. The van der Waals surface area contributed by atoms with E-state index < -0.39 is 16.0 Å². The minimum absolute atomic E-state index is 0.0571. The molecule has 0 aliphatic carbocycles. The third kappa shape index (κ3) is 3.59. The number of sulfonamides is 1. The van der Waals surface area contributed by atoms with Gasteiger partial charge in [-0.05, 0) is 24.3 Å². The molecule has 21 heavy (non-hydrogen) atoms. The van der Waals surface area contributed by atoms with Gasteiger partial charge < -0.3 is 10.2 Å². The number of rotatable bonds is 5. The minimum atomic E-state index is -3.59. The van der Waals surface area contributed by atoms with Crippen molar-refractivity contribution in [2.24, 2.45) is 0 Å². The molecule has 7 nitrogen and oxygen atoms in total. The first-order chi connectivity index (χ1) is 9.95. The molecule has 0 bridgehead atoms. The Balaban J connectivity index is 2.10. The van der Waals surface area contributed by atoms with Crippen molar-refractivity contribution in [1.29, 1.82) is 0 Å². The Bertz CT molecular complexity index is 591. The smallest absolute Gasteiger partial charge is 0.335 e. The summed E-state index contributed by atoms with van der Waals surface area (Å²) in [6.45, 7) is 2.48. The fourth-order valence-corrected chi connectivity index (χ4v) is 3.68. The SMILES string of the molecule is O=C(O)c1ccc(S(=O)(=O)N2CCN(CCO)CC2)cc1. The first-order valence-electron chi connectivity index (χ1n) is 6.62. The van der Waals surface area contributed by atoms with E-state index in [1.165, 1.54) is 28.6 Å². The van der Waals surface area contributed by atoms with Gasteiger partial charge in [0.1, 0.15) is 0 Å². The van der Waals surface area contributed by atoms with Crippen molar-refractivity contribution in [3.05, 3.63) is 29.8 Å². The molecule has 1 fully saturated rings. The highest BCUT2D eigenvalue weighted by Gasteiger charge is 2.28. The summed E-state index contributed by atoms with van der Waals surface area (Å²) < 4.78 is 26.3. The zero-order chi connectivity index (χ0) is 15.5. The number of aliphatic hydroxyl groups excluding tert-OH is 1. The summed E-state index contributed by atoms with van der Waals surface area (Å²) in [5.41, 5.74) is 0.0571. The monoisotopic (exact) mass is 314 g/mol. The molecule has 0 saturated carbocycles. The van der Waals surface area contributed by atoms with Crippen molar-refractivity contribution in [1.82, 2.24) is 9.21 Å². The first kappa shape index (κ1) is 15.9. The second kappa shape index (κ2) is 6.52. The van der Waals surface area contributed by atoms with E-state index in [2.05, 4.69) is 0 Å². The number of carbonyl (C=O) groups is 1. The van der Waals surface area contributed by atoms with Crippen LogP contribution in [0.5, 0.6) is 0 Å². The molecule has 1 aliphatic heterocycles. The molecule has 116 valence electrons. The molecule has 0 atom stereocenters. The molecule has 0 radical (unpaired) electrons. The fourth-order valence-electron chi connectivity index (χ4n) is 2.25. The van der Waals surface area contributed by atoms with E-state index >= 15 is 0 Å².